The number of hydrogen-bond donors (Lipinski definition) is 3. The molecule has 0 saturated heterocycles. The van der Waals surface area contributed by atoms with Crippen molar-refractivity contribution < 1.29 is 9.59 Å². The van der Waals surface area contributed by atoms with Gasteiger partial charge >= 0.3 is 6.03 Å². The molecule has 5 nitrogen and oxygen atoms in total. The van der Waals surface area contributed by atoms with Crippen LogP contribution in [0.3, 0.4) is 0 Å². The molecule has 0 aromatic heterocycles. The quantitative estimate of drug-likeness (QED) is 0.725. The van der Waals surface area contributed by atoms with Crippen LogP contribution in [0.5, 0.6) is 0 Å². The maximum absolute atomic E-state index is 12.3. The van der Waals surface area contributed by atoms with Gasteiger partial charge in [-0.15, -0.1) is 0 Å². The molecule has 1 aromatic carbocycles. The molecule has 0 radical (unpaired) electrons. The van der Waals surface area contributed by atoms with Gasteiger partial charge in [0.15, 0.2) is 0 Å². The first-order chi connectivity index (χ1) is 11.6. The highest BCUT2D eigenvalue weighted by atomic mass is 16.2. The summed E-state index contributed by atoms with van der Waals surface area (Å²) in [5, 5.41) is 8.94. The summed E-state index contributed by atoms with van der Waals surface area (Å²) in [5.41, 5.74) is 2.47. The van der Waals surface area contributed by atoms with Crippen LogP contribution >= 0.6 is 0 Å². The molecule has 0 spiro atoms. The van der Waals surface area contributed by atoms with Gasteiger partial charge in [-0.2, -0.15) is 0 Å². The number of carbonyl (C=O) groups excluding carboxylic acids is 2. The molecule has 5 heteroatoms. The van der Waals surface area contributed by atoms with Crippen molar-refractivity contribution in [3.63, 3.8) is 0 Å². The van der Waals surface area contributed by atoms with Gasteiger partial charge in [-0.1, -0.05) is 31.7 Å². The SMILES string of the molecule is Cc1ccc(NC(=O)C2CC2)cc1NC(=O)NC1CCCCCC1. The van der Waals surface area contributed by atoms with Crippen molar-refractivity contribution in [1.29, 1.82) is 0 Å². The zero-order chi connectivity index (χ0) is 16.9. The van der Waals surface area contributed by atoms with Crippen molar-refractivity contribution in [2.75, 3.05) is 10.6 Å². The Hall–Kier alpha value is -2.04. The molecule has 0 aliphatic heterocycles. The van der Waals surface area contributed by atoms with Crippen LogP contribution in [-0.2, 0) is 4.79 Å². The fraction of sp³-hybridized carbons (Fsp3) is 0.579. The Morgan fingerprint density at radius 1 is 0.958 bits per heavy atom. The normalized spacial score (nSPS) is 18.5. The van der Waals surface area contributed by atoms with Crippen LogP contribution in [0.1, 0.15) is 56.9 Å². The molecule has 0 atom stereocenters. The number of aryl methyl sites for hydroxylation is 1. The third-order valence-corrected chi connectivity index (χ3v) is 4.89. The highest BCUT2D eigenvalue weighted by molar-refractivity contribution is 5.96. The van der Waals surface area contributed by atoms with E-state index in [1.54, 1.807) is 0 Å². The molecule has 3 N–H and O–H groups in total. The summed E-state index contributed by atoms with van der Waals surface area (Å²) in [7, 11) is 0. The van der Waals surface area contributed by atoms with Crippen molar-refractivity contribution in [2.45, 2.75) is 64.3 Å². The Labute approximate surface area is 143 Å². The van der Waals surface area contributed by atoms with E-state index < -0.39 is 0 Å². The molecule has 130 valence electrons. The molecule has 2 fully saturated rings. The van der Waals surface area contributed by atoms with E-state index in [9.17, 15) is 9.59 Å². The van der Waals surface area contributed by atoms with Gasteiger partial charge in [0.1, 0.15) is 0 Å². The molecule has 1 aromatic rings. The molecule has 0 unspecified atom stereocenters. The van der Waals surface area contributed by atoms with Crippen molar-refractivity contribution in [3.8, 4) is 0 Å². The van der Waals surface area contributed by atoms with E-state index in [0.717, 1.165) is 42.6 Å². The average molecular weight is 329 g/mol. The number of carbonyl (C=O) groups is 2. The fourth-order valence-corrected chi connectivity index (χ4v) is 3.19. The molecule has 2 aliphatic carbocycles. The lowest BCUT2D eigenvalue weighted by Crippen LogP contribution is -2.37. The van der Waals surface area contributed by atoms with Gasteiger partial charge < -0.3 is 16.0 Å². The van der Waals surface area contributed by atoms with E-state index in [2.05, 4.69) is 16.0 Å². The fourth-order valence-electron chi connectivity index (χ4n) is 3.19. The van der Waals surface area contributed by atoms with E-state index in [-0.39, 0.29) is 23.9 Å². The van der Waals surface area contributed by atoms with Crippen LogP contribution in [-0.4, -0.2) is 18.0 Å². The first kappa shape index (κ1) is 16.8. The zero-order valence-corrected chi connectivity index (χ0v) is 14.4. The Kier molecular flexibility index (Phi) is 5.38. The second-order valence-corrected chi connectivity index (χ2v) is 7.08. The lowest BCUT2D eigenvalue weighted by atomic mass is 10.1. The van der Waals surface area contributed by atoms with Crippen LogP contribution in [0.2, 0.25) is 0 Å². The number of urea groups is 1. The summed E-state index contributed by atoms with van der Waals surface area (Å²) < 4.78 is 0. The maximum Gasteiger partial charge on any atom is 0.319 e. The van der Waals surface area contributed by atoms with Gasteiger partial charge in [-0.25, -0.2) is 4.79 Å². The van der Waals surface area contributed by atoms with Gasteiger partial charge in [0.05, 0.1) is 0 Å². The van der Waals surface area contributed by atoms with Crippen LogP contribution in [0, 0.1) is 12.8 Å². The molecule has 0 heterocycles. The molecular formula is C19H27N3O2. The number of benzene rings is 1. The lowest BCUT2D eigenvalue weighted by Gasteiger charge is -2.18. The Morgan fingerprint density at radius 3 is 2.33 bits per heavy atom. The maximum atomic E-state index is 12.3. The van der Waals surface area contributed by atoms with E-state index >= 15 is 0 Å². The summed E-state index contributed by atoms with van der Waals surface area (Å²) in [6, 6.07) is 5.75. The largest absolute Gasteiger partial charge is 0.335 e. The molecule has 2 aliphatic rings. The number of amides is 3. The Bertz CT molecular complexity index is 603. The smallest absolute Gasteiger partial charge is 0.319 e. The zero-order valence-electron chi connectivity index (χ0n) is 14.4. The minimum atomic E-state index is -0.157. The predicted molar refractivity (Wildman–Crippen MR) is 96.2 cm³/mol. The van der Waals surface area contributed by atoms with Crippen LogP contribution in [0.15, 0.2) is 18.2 Å². The van der Waals surface area contributed by atoms with Gasteiger partial charge in [0.2, 0.25) is 5.91 Å². The van der Waals surface area contributed by atoms with E-state index in [1.807, 2.05) is 25.1 Å². The van der Waals surface area contributed by atoms with Gasteiger partial charge in [0, 0.05) is 23.3 Å². The lowest BCUT2D eigenvalue weighted by molar-refractivity contribution is -0.117. The van der Waals surface area contributed by atoms with Crippen LogP contribution < -0.4 is 16.0 Å². The van der Waals surface area contributed by atoms with Crippen molar-refractivity contribution in [1.82, 2.24) is 5.32 Å². The molecule has 2 saturated carbocycles. The minimum Gasteiger partial charge on any atom is -0.335 e. The first-order valence-corrected chi connectivity index (χ1v) is 9.11. The third kappa shape index (κ3) is 4.73. The Morgan fingerprint density at radius 2 is 1.67 bits per heavy atom. The molecule has 0 bridgehead atoms. The van der Waals surface area contributed by atoms with Crippen LogP contribution in [0.25, 0.3) is 0 Å². The Balaban J connectivity index is 1.58. The van der Waals surface area contributed by atoms with E-state index in [0.29, 0.717) is 0 Å². The molecule has 3 amide bonds. The highest BCUT2D eigenvalue weighted by Crippen LogP contribution is 2.30. The van der Waals surface area contributed by atoms with Gasteiger partial charge in [-0.3, -0.25) is 4.79 Å². The van der Waals surface area contributed by atoms with E-state index in [4.69, 9.17) is 0 Å². The summed E-state index contributed by atoms with van der Waals surface area (Å²) >= 11 is 0. The second kappa shape index (κ2) is 7.69. The minimum absolute atomic E-state index is 0.0766. The summed E-state index contributed by atoms with van der Waals surface area (Å²) in [6.07, 6.45) is 8.98. The second-order valence-electron chi connectivity index (χ2n) is 7.08. The van der Waals surface area contributed by atoms with Gasteiger partial charge in [0.25, 0.3) is 0 Å². The summed E-state index contributed by atoms with van der Waals surface area (Å²) in [5.74, 6) is 0.244. The van der Waals surface area contributed by atoms with Crippen molar-refractivity contribution >= 4 is 23.3 Å². The number of rotatable bonds is 4. The number of nitrogens with one attached hydrogen (secondary N) is 3. The van der Waals surface area contributed by atoms with Gasteiger partial charge in [-0.05, 0) is 50.3 Å². The summed E-state index contributed by atoms with van der Waals surface area (Å²) in [6.45, 7) is 1.95. The number of anilines is 2. The standard InChI is InChI=1S/C19H27N3O2/c1-13-8-11-16(20-18(23)14-9-10-14)12-17(13)22-19(24)21-15-6-4-2-3-5-7-15/h8,11-12,14-15H,2-7,9-10H2,1H3,(H,20,23)(H2,21,22,24). The highest BCUT2D eigenvalue weighted by Gasteiger charge is 2.29. The van der Waals surface area contributed by atoms with Crippen LogP contribution in [0.4, 0.5) is 16.2 Å². The first-order valence-electron chi connectivity index (χ1n) is 9.11. The molecule has 3 rings (SSSR count). The predicted octanol–water partition coefficient (Wildman–Crippen LogP) is 4.19. The van der Waals surface area contributed by atoms with Crippen molar-refractivity contribution in [3.05, 3.63) is 23.8 Å². The monoisotopic (exact) mass is 329 g/mol. The van der Waals surface area contributed by atoms with E-state index in [1.165, 1.54) is 25.7 Å². The topological polar surface area (TPSA) is 70.2 Å². The van der Waals surface area contributed by atoms with Crippen molar-refractivity contribution in [2.24, 2.45) is 5.92 Å². The molecular weight excluding hydrogens is 302 g/mol. The average Bonchev–Trinajstić information content (AvgIpc) is 3.38. The number of hydrogen-bond acceptors (Lipinski definition) is 2. The third-order valence-electron chi connectivity index (χ3n) is 4.89. The summed E-state index contributed by atoms with van der Waals surface area (Å²) in [4.78, 5) is 24.2. The molecule has 24 heavy (non-hydrogen) atoms.